The van der Waals surface area contributed by atoms with E-state index in [2.05, 4.69) is 24.1 Å². The number of rotatable bonds is 2. The van der Waals surface area contributed by atoms with Crippen LogP contribution in [0.2, 0.25) is 0 Å². The molecule has 2 fully saturated rings. The number of amides is 1. The van der Waals surface area contributed by atoms with Gasteiger partial charge in [0, 0.05) is 31.6 Å². The zero-order chi connectivity index (χ0) is 12.3. The molecule has 4 heteroatoms. The lowest BCUT2D eigenvalue weighted by Crippen LogP contribution is -2.56. The molecule has 0 bridgehead atoms. The first-order valence-electron chi connectivity index (χ1n) is 6.76. The Bertz CT molecular complexity index is 256. The second-order valence-electron chi connectivity index (χ2n) is 5.53. The summed E-state index contributed by atoms with van der Waals surface area (Å²) < 4.78 is 0. The summed E-state index contributed by atoms with van der Waals surface area (Å²) in [5.41, 5.74) is 0. The van der Waals surface area contributed by atoms with E-state index in [-0.39, 0.29) is 0 Å². The third-order valence-electron chi connectivity index (χ3n) is 3.71. The van der Waals surface area contributed by atoms with Gasteiger partial charge in [-0.25, -0.2) is 0 Å². The fourth-order valence-corrected chi connectivity index (χ4v) is 4.06. The number of hydrogen-bond donors (Lipinski definition) is 1. The van der Waals surface area contributed by atoms with Crippen molar-refractivity contribution in [2.45, 2.75) is 45.2 Å². The second-order valence-corrected chi connectivity index (χ2v) is 6.75. The van der Waals surface area contributed by atoms with Gasteiger partial charge in [-0.2, -0.15) is 11.8 Å². The summed E-state index contributed by atoms with van der Waals surface area (Å²) in [5.74, 6) is 3.50. The monoisotopic (exact) mass is 256 g/mol. The average molecular weight is 256 g/mol. The Kier molecular flexibility index (Phi) is 4.74. The summed E-state index contributed by atoms with van der Waals surface area (Å²) in [4.78, 5) is 14.3. The molecule has 2 aliphatic rings. The summed E-state index contributed by atoms with van der Waals surface area (Å²) >= 11 is 2.03. The summed E-state index contributed by atoms with van der Waals surface area (Å²) in [6, 6.07) is 0.870. The number of carbonyl (C=O) groups excluding carboxylic acids is 1. The van der Waals surface area contributed by atoms with Crippen LogP contribution >= 0.6 is 11.8 Å². The second kappa shape index (κ2) is 6.10. The van der Waals surface area contributed by atoms with Gasteiger partial charge in [-0.05, 0) is 44.1 Å². The van der Waals surface area contributed by atoms with Gasteiger partial charge in [0.05, 0.1) is 0 Å². The van der Waals surface area contributed by atoms with E-state index in [1.165, 1.54) is 24.3 Å². The third-order valence-corrected chi connectivity index (χ3v) is 4.76. The lowest BCUT2D eigenvalue weighted by atomic mass is 9.97. The highest BCUT2D eigenvalue weighted by molar-refractivity contribution is 7.99. The molecule has 0 spiro atoms. The predicted octanol–water partition coefficient (Wildman–Crippen LogP) is 1.73. The first-order valence-corrected chi connectivity index (χ1v) is 7.92. The number of piperazine rings is 1. The van der Waals surface area contributed by atoms with E-state index in [1.54, 1.807) is 0 Å². The molecule has 2 rings (SSSR count). The molecule has 17 heavy (non-hydrogen) atoms. The summed E-state index contributed by atoms with van der Waals surface area (Å²) in [6.45, 7) is 6.08. The van der Waals surface area contributed by atoms with Crippen LogP contribution in [0.3, 0.4) is 0 Å². The predicted molar refractivity (Wildman–Crippen MR) is 73.3 cm³/mol. The molecule has 0 aliphatic carbocycles. The Labute approximate surface area is 109 Å². The largest absolute Gasteiger partial charge is 0.340 e. The zero-order valence-corrected chi connectivity index (χ0v) is 11.8. The maximum absolute atomic E-state index is 12.2. The van der Waals surface area contributed by atoms with Crippen LogP contribution in [-0.2, 0) is 4.79 Å². The highest BCUT2D eigenvalue weighted by Crippen LogP contribution is 2.26. The van der Waals surface area contributed by atoms with Gasteiger partial charge in [-0.1, -0.05) is 0 Å². The molecule has 0 saturated carbocycles. The minimum absolute atomic E-state index is 0.377. The van der Waals surface area contributed by atoms with E-state index in [9.17, 15) is 4.79 Å². The smallest absolute Gasteiger partial charge is 0.222 e. The highest BCUT2D eigenvalue weighted by atomic mass is 32.2. The first kappa shape index (κ1) is 13.2. The maximum atomic E-state index is 12.2. The van der Waals surface area contributed by atoms with Crippen molar-refractivity contribution in [1.29, 1.82) is 0 Å². The minimum Gasteiger partial charge on any atom is -0.340 e. The van der Waals surface area contributed by atoms with Gasteiger partial charge >= 0.3 is 0 Å². The lowest BCUT2D eigenvalue weighted by molar-refractivity contribution is -0.134. The molecule has 2 atom stereocenters. The van der Waals surface area contributed by atoms with Crippen LogP contribution in [-0.4, -0.2) is 47.5 Å². The first-order chi connectivity index (χ1) is 8.15. The van der Waals surface area contributed by atoms with Gasteiger partial charge in [-0.3, -0.25) is 4.79 Å². The summed E-state index contributed by atoms with van der Waals surface area (Å²) in [5, 5.41) is 3.47. The number of nitrogens with zero attached hydrogens (tertiary/aromatic N) is 1. The van der Waals surface area contributed by atoms with Gasteiger partial charge in [0.1, 0.15) is 0 Å². The van der Waals surface area contributed by atoms with Crippen LogP contribution in [0, 0.1) is 5.92 Å². The fraction of sp³-hybridized carbons (Fsp3) is 0.923. The molecule has 2 heterocycles. The lowest BCUT2D eigenvalue weighted by Gasteiger charge is -2.37. The molecule has 2 unspecified atom stereocenters. The van der Waals surface area contributed by atoms with Gasteiger partial charge in [0.25, 0.3) is 0 Å². The molecule has 3 nitrogen and oxygen atoms in total. The molecule has 0 aromatic carbocycles. The SMILES string of the molecule is CC1CN(C(=O)CC2CCSCC2)CC(C)N1. The number of hydrogen-bond acceptors (Lipinski definition) is 3. The topological polar surface area (TPSA) is 32.3 Å². The Balaban J connectivity index is 1.81. The van der Waals surface area contributed by atoms with Crippen molar-refractivity contribution in [3.8, 4) is 0 Å². The number of nitrogens with one attached hydrogen (secondary N) is 1. The molecule has 0 radical (unpaired) electrons. The molecule has 0 aromatic heterocycles. The maximum Gasteiger partial charge on any atom is 0.222 e. The van der Waals surface area contributed by atoms with Crippen molar-refractivity contribution in [2.75, 3.05) is 24.6 Å². The van der Waals surface area contributed by atoms with Gasteiger partial charge in [-0.15, -0.1) is 0 Å². The van der Waals surface area contributed by atoms with Crippen LogP contribution < -0.4 is 5.32 Å². The molecular weight excluding hydrogens is 232 g/mol. The molecule has 2 saturated heterocycles. The highest BCUT2D eigenvalue weighted by Gasteiger charge is 2.26. The normalized spacial score (nSPS) is 31.5. The Morgan fingerprint density at radius 3 is 2.41 bits per heavy atom. The van der Waals surface area contributed by atoms with Gasteiger partial charge < -0.3 is 10.2 Å². The number of thioether (sulfide) groups is 1. The van der Waals surface area contributed by atoms with Crippen LogP contribution in [0.1, 0.15) is 33.1 Å². The molecule has 98 valence electrons. The van der Waals surface area contributed by atoms with E-state index in [0.29, 0.717) is 23.9 Å². The van der Waals surface area contributed by atoms with Gasteiger partial charge in [0.2, 0.25) is 5.91 Å². The van der Waals surface area contributed by atoms with Gasteiger partial charge in [0.15, 0.2) is 0 Å². The molecule has 2 aliphatic heterocycles. The van der Waals surface area contributed by atoms with E-state index >= 15 is 0 Å². The summed E-state index contributed by atoms with van der Waals surface area (Å²) in [7, 11) is 0. The number of carbonyl (C=O) groups is 1. The standard InChI is InChI=1S/C13H24N2OS/c1-10-8-15(9-11(2)14-10)13(16)7-12-3-5-17-6-4-12/h10-12,14H,3-9H2,1-2H3. The van der Waals surface area contributed by atoms with E-state index in [1.807, 2.05) is 11.8 Å². The molecule has 1 amide bonds. The van der Waals surface area contributed by atoms with Crippen LogP contribution in [0.15, 0.2) is 0 Å². The average Bonchev–Trinajstić information content (AvgIpc) is 2.29. The molecule has 0 aromatic rings. The van der Waals surface area contributed by atoms with Crippen molar-refractivity contribution in [3.05, 3.63) is 0 Å². The zero-order valence-electron chi connectivity index (χ0n) is 10.9. The Morgan fingerprint density at radius 2 is 1.82 bits per heavy atom. The third kappa shape index (κ3) is 3.88. The van der Waals surface area contributed by atoms with Crippen molar-refractivity contribution in [3.63, 3.8) is 0 Å². The summed E-state index contributed by atoms with van der Waals surface area (Å²) in [6.07, 6.45) is 3.24. The fourth-order valence-electron chi connectivity index (χ4n) is 2.86. The van der Waals surface area contributed by atoms with E-state index < -0.39 is 0 Å². The van der Waals surface area contributed by atoms with Crippen LogP contribution in [0.5, 0.6) is 0 Å². The van der Waals surface area contributed by atoms with Crippen molar-refractivity contribution >= 4 is 17.7 Å². The van der Waals surface area contributed by atoms with Crippen LogP contribution in [0.4, 0.5) is 0 Å². The van der Waals surface area contributed by atoms with Crippen molar-refractivity contribution in [1.82, 2.24) is 10.2 Å². The van der Waals surface area contributed by atoms with Crippen molar-refractivity contribution < 1.29 is 4.79 Å². The van der Waals surface area contributed by atoms with Crippen molar-refractivity contribution in [2.24, 2.45) is 5.92 Å². The quantitative estimate of drug-likeness (QED) is 0.816. The van der Waals surface area contributed by atoms with E-state index in [4.69, 9.17) is 0 Å². The minimum atomic E-state index is 0.377. The van der Waals surface area contributed by atoms with E-state index in [0.717, 1.165) is 19.5 Å². The van der Waals surface area contributed by atoms with Crippen LogP contribution in [0.25, 0.3) is 0 Å². The Hall–Kier alpha value is -0.220. The molecule has 1 N–H and O–H groups in total. The Morgan fingerprint density at radius 1 is 1.24 bits per heavy atom. The molecular formula is C13H24N2OS.